The first kappa shape index (κ1) is 23.1. The van der Waals surface area contributed by atoms with Gasteiger partial charge in [-0.25, -0.2) is 17.7 Å². The number of hydrogen-bond donors (Lipinski definition) is 1. The number of rotatable bonds is 7. The number of hydrogen-bond acceptors (Lipinski definition) is 5. The van der Waals surface area contributed by atoms with Crippen molar-refractivity contribution in [2.45, 2.75) is 36.1 Å². The van der Waals surface area contributed by atoms with Crippen LogP contribution in [0.2, 0.25) is 0 Å². The first-order valence-electron chi connectivity index (χ1n) is 9.70. The Morgan fingerprint density at radius 1 is 1.16 bits per heavy atom. The third kappa shape index (κ3) is 5.17. The Kier molecular flexibility index (Phi) is 6.88. The van der Waals surface area contributed by atoms with Gasteiger partial charge in [0.2, 0.25) is 15.9 Å². The molecule has 3 rings (SSSR count). The molecule has 0 saturated heterocycles. The SMILES string of the molecule is Cc1ccc(-n2ccnc2S[C@@H](C)C(=O)Nc2cccc(S(=O)(=O)N(C)C)c2)c(C)c1. The highest BCUT2D eigenvalue weighted by atomic mass is 32.2. The zero-order chi connectivity index (χ0) is 22.8. The molecule has 3 aromatic rings. The van der Waals surface area contributed by atoms with Crippen LogP contribution in [0.25, 0.3) is 5.69 Å². The number of aromatic nitrogens is 2. The van der Waals surface area contributed by atoms with E-state index in [2.05, 4.69) is 16.4 Å². The highest BCUT2D eigenvalue weighted by Gasteiger charge is 2.21. The number of carbonyl (C=O) groups excluding carboxylic acids is 1. The van der Waals surface area contributed by atoms with Crippen molar-refractivity contribution >= 4 is 33.4 Å². The maximum absolute atomic E-state index is 12.8. The summed E-state index contributed by atoms with van der Waals surface area (Å²) >= 11 is 1.34. The lowest BCUT2D eigenvalue weighted by Gasteiger charge is -2.15. The molecule has 1 heterocycles. The van der Waals surface area contributed by atoms with Crippen molar-refractivity contribution in [3.63, 3.8) is 0 Å². The first-order valence-corrected chi connectivity index (χ1v) is 12.0. The van der Waals surface area contributed by atoms with Crippen LogP contribution in [0.4, 0.5) is 5.69 Å². The van der Waals surface area contributed by atoms with Gasteiger partial charge in [0.1, 0.15) is 0 Å². The lowest BCUT2D eigenvalue weighted by atomic mass is 10.1. The predicted octanol–water partition coefficient (Wildman–Crippen LogP) is 3.86. The third-order valence-electron chi connectivity index (χ3n) is 4.75. The largest absolute Gasteiger partial charge is 0.325 e. The number of anilines is 1. The third-order valence-corrected chi connectivity index (χ3v) is 7.64. The van der Waals surface area contributed by atoms with Crippen LogP contribution < -0.4 is 5.32 Å². The smallest absolute Gasteiger partial charge is 0.242 e. The molecule has 0 fully saturated rings. The minimum atomic E-state index is -3.58. The van der Waals surface area contributed by atoms with Crippen LogP contribution in [-0.4, -0.2) is 47.5 Å². The van der Waals surface area contributed by atoms with Crippen LogP contribution in [0.5, 0.6) is 0 Å². The van der Waals surface area contributed by atoms with Crippen molar-refractivity contribution in [3.8, 4) is 5.69 Å². The minimum Gasteiger partial charge on any atom is -0.325 e. The molecule has 0 aliphatic rings. The molecule has 0 spiro atoms. The number of sulfonamides is 1. The van der Waals surface area contributed by atoms with Crippen molar-refractivity contribution in [2.75, 3.05) is 19.4 Å². The highest BCUT2D eigenvalue weighted by molar-refractivity contribution is 8.00. The van der Waals surface area contributed by atoms with Gasteiger partial charge in [0.15, 0.2) is 5.16 Å². The monoisotopic (exact) mass is 458 g/mol. The maximum Gasteiger partial charge on any atom is 0.242 e. The summed E-state index contributed by atoms with van der Waals surface area (Å²) in [7, 11) is -0.638. The van der Waals surface area contributed by atoms with Crippen LogP contribution in [0.3, 0.4) is 0 Å². The molecule has 1 aromatic heterocycles. The van der Waals surface area contributed by atoms with Gasteiger partial charge in [0.25, 0.3) is 0 Å². The zero-order valence-corrected chi connectivity index (χ0v) is 19.8. The number of amides is 1. The number of nitrogens with zero attached hydrogens (tertiary/aromatic N) is 3. The molecule has 1 N–H and O–H groups in total. The molecule has 0 saturated carbocycles. The molecule has 1 amide bonds. The van der Waals surface area contributed by atoms with Gasteiger partial charge in [-0.05, 0) is 50.6 Å². The Hall–Kier alpha value is -2.62. The Morgan fingerprint density at radius 2 is 1.90 bits per heavy atom. The molecule has 0 aliphatic heterocycles. The van der Waals surface area contributed by atoms with Gasteiger partial charge >= 0.3 is 0 Å². The van der Waals surface area contributed by atoms with Gasteiger partial charge in [0.05, 0.1) is 15.8 Å². The van der Waals surface area contributed by atoms with Crippen molar-refractivity contribution in [2.24, 2.45) is 0 Å². The maximum atomic E-state index is 12.8. The summed E-state index contributed by atoms with van der Waals surface area (Å²) in [4.78, 5) is 17.3. The van der Waals surface area contributed by atoms with E-state index in [4.69, 9.17) is 0 Å². The second kappa shape index (κ2) is 9.25. The Labute approximate surface area is 187 Å². The Balaban J connectivity index is 1.75. The van der Waals surface area contributed by atoms with E-state index in [1.807, 2.05) is 36.7 Å². The molecule has 7 nitrogen and oxygen atoms in total. The van der Waals surface area contributed by atoms with E-state index in [1.54, 1.807) is 25.3 Å². The number of thioether (sulfide) groups is 1. The summed E-state index contributed by atoms with van der Waals surface area (Å²) in [6, 6.07) is 12.4. The molecule has 9 heteroatoms. The molecule has 2 aromatic carbocycles. The summed E-state index contributed by atoms with van der Waals surface area (Å²) in [6.07, 6.45) is 3.59. The summed E-state index contributed by atoms with van der Waals surface area (Å²) in [5.74, 6) is -0.237. The molecular weight excluding hydrogens is 432 g/mol. The number of aryl methyl sites for hydroxylation is 2. The number of imidazole rings is 1. The minimum absolute atomic E-state index is 0.126. The highest BCUT2D eigenvalue weighted by Crippen LogP contribution is 2.27. The molecule has 31 heavy (non-hydrogen) atoms. The van der Waals surface area contributed by atoms with Crippen LogP contribution in [0.1, 0.15) is 18.1 Å². The van der Waals surface area contributed by atoms with E-state index in [1.165, 1.54) is 43.6 Å². The topological polar surface area (TPSA) is 84.3 Å². The van der Waals surface area contributed by atoms with Gasteiger partial charge in [-0.15, -0.1) is 0 Å². The fourth-order valence-electron chi connectivity index (χ4n) is 3.04. The standard InChI is InChI=1S/C22H26N4O3S2/c1-15-9-10-20(16(2)13-15)26-12-11-23-22(26)30-17(3)21(27)24-18-7-6-8-19(14-18)31(28,29)25(4)5/h6-14,17H,1-5H3,(H,24,27)/t17-/m0/s1. The van der Waals surface area contributed by atoms with Crippen molar-refractivity contribution in [3.05, 3.63) is 66.0 Å². The second-order valence-electron chi connectivity index (χ2n) is 7.43. The average Bonchev–Trinajstić information content (AvgIpc) is 3.15. The summed E-state index contributed by atoms with van der Waals surface area (Å²) in [6.45, 7) is 5.88. The number of nitrogens with one attached hydrogen (secondary N) is 1. The van der Waals surface area contributed by atoms with Crippen molar-refractivity contribution < 1.29 is 13.2 Å². The van der Waals surface area contributed by atoms with Crippen LogP contribution in [0.15, 0.2) is 64.9 Å². The molecule has 0 bridgehead atoms. The first-order chi connectivity index (χ1) is 14.6. The van der Waals surface area contributed by atoms with E-state index in [0.717, 1.165) is 15.6 Å². The predicted molar refractivity (Wildman–Crippen MR) is 124 cm³/mol. The van der Waals surface area contributed by atoms with Crippen LogP contribution in [-0.2, 0) is 14.8 Å². The van der Waals surface area contributed by atoms with E-state index >= 15 is 0 Å². The van der Waals surface area contributed by atoms with Crippen molar-refractivity contribution in [1.82, 2.24) is 13.9 Å². The van der Waals surface area contributed by atoms with E-state index < -0.39 is 15.3 Å². The number of carbonyl (C=O) groups is 1. The van der Waals surface area contributed by atoms with Gasteiger partial charge in [-0.1, -0.05) is 35.5 Å². The molecule has 0 radical (unpaired) electrons. The molecule has 0 unspecified atom stereocenters. The van der Waals surface area contributed by atoms with Gasteiger partial charge in [0, 0.05) is 32.2 Å². The lowest BCUT2D eigenvalue weighted by molar-refractivity contribution is -0.115. The quantitative estimate of drug-likeness (QED) is 0.544. The number of benzene rings is 2. The Bertz CT molecular complexity index is 1200. The molecular formula is C22H26N4O3S2. The molecule has 164 valence electrons. The normalized spacial score (nSPS) is 12.7. The van der Waals surface area contributed by atoms with Crippen LogP contribution in [0, 0.1) is 13.8 Å². The van der Waals surface area contributed by atoms with E-state index in [0.29, 0.717) is 10.8 Å². The fraction of sp³-hybridized carbons (Fsp3) is 0.273. The van der Waals surface area contributed by atoms with Gasteiger partial charge in [-0.2, -0.15) is 0 Å². The summed E-state index contributed by atoms with van der Waals surface area (Å²) < 4.78 is 27.8. The zero-order valence-electron chi connectivity index (χ0n) is 18.2. The van der Waals surface area contributed by atoms with Gasteiger partial charge < -0.3 is 5.32 Å². The summed E-state index contributed by atoms with van der Waals surface area (Å²) in [5.41, 5.74) is 3.75. The lowest BCUT2D eigenvalue weighted by Crippen LogP contribution is -2.24. The summed E-state index contributed by atoms with van der Waals surface area (Å²) in [5, 5.41) is 3.07. The van der Waals surface area contributed by atoms with E-state index in [9.17, 15) is 13.2 Å². The van der Waals surface area contributed by atoms with Gasteiger partial charge in [-0.3, -0.25) is 9.36 Å². The van der Waals surface area contributed by atoms with Crippen LogP contribution >= 0.6 is 11.8 Å². The fourth-order valence-corrected chi connectivity index (χ4v) is 4.86. The molecule has 0 aliphatic carbocycles. The average molecular weight is 459 g/mol. The van der Waals surface area contributed by atoms with Crippen molar-refractivity contribution in [1.29, 1.82) is 0 Å². The second-order valence-corrected chi connectivity index (χ2v) is 10.9. The molecule has 1 atom stereocenters. The Morgan fingerprint density at radius 3 is 2.58 bits per heavy atom. The van der Waals surface area contributed by atoms with E-state index in [-0.39, 0.29) is 10.8 Å².